The quantitative estimate of drug-likeness (QED) is 0.448. The Labute approximate surface area is 188 Å². The molecule has 0 aliphatic carbocycles. The van der Waals surface area contributed by atoms with Crippen LogP contribution in [0.2, 0.25) is 0 Å². The van der Waals surface area contributed by atoms with Crippen LogP contribution in [0.1, 0.15) is 10.4 Å². The Morgan fingerprint density at radius 1 is 0.594 bits per heavy atom. The molecule has 0 heterocycles. The Kier molecular flexibility index (Phi) is 6.79. The van der Waals surface area contributed by atoms with Crippen molar-refractivity contribution in [3.8, 4) is 0 Å². The fraction of sp³-hybridized carbons (Fsp3) is 0.0357. The summed E-state index contributed by atoms with van der Waals surface area (Å²) in [7, 11) is 0. The number of ketones is 1. The first kappa shape index (κ1) is 21.5. The van der Waals surface area contributed by atoms with Crippen LogP contribution in [0.4, 0.5) is 0 Å². The van der Waals surface area contributed by atoms with Gasteiger partial charge in [-0.2, -0.15) is 0 Å². The molecule has 0 atom stereocenters. The standard InChI is InChI=1S/C28H24NO2P/c30-24(21-29-28(31)23-13-5-1-6-14-23)22-32(25-15-7-2-8-16-25,26-17-9-3-10-18-26)27-19-11-4-12-20-27/h1-20,22H,21H2,(H,29,31). The highest BCUT2D eigenvalue weighted by Gasteiger charge is 2.26. The van der Waals surface area contributed by atoms with Crippen LogP contribution in [0.25, 0.3) is 0 Å². The third-order valence-corrected chi connectivity index (χ3v) is 9.30. The Morgan fingerprint density at radius 2 is 0.969 bits per heavy atom. The zero-order valence-corrected chi connectivity index (χ0v) is 18.5. The molecule has 0 saturated carbocycles. The highest BCUT2D eigenvalue weighted by Crippen LogP contribution is 2.43. The Hall–Kier alpha value is -3.68. The number of Topliss-reactive ketones (excluding diaryl/α,β-unsaturated/α-hetero) is 1. The molecule has 0 aliphatic rings. The molecule has 0 bridgehead atoms. The van der Waals surface area contributed by atoms with E-state index in [0.29, 0.717) is 5.56 Å². The van der Waals surface area contributed by atoms with Crippen LogP contribution in [0.15, 0.2) is 121 Å². The number of amides is 1. The second-order valence-corrected chi connectivity index (χ2v) is 10.6. The summed E-state index contributed by atoms with van der Waals surface area (Å²) >= 11 is 0. The lowest BCUT2D eigenvalue weighted by Crippen LogP contribution is -2.33. The van der Waals surface area contributed by atoms with E-state index in [-0.39, 0.29) is 18.2 Å². The number of nitrogens with one attached hydrogen (secondary N) is 1. The van der Waals surface area contributed by atoms with Crippen molar-refractivity contribution in [1.82, 2.24) is 5.32 Å². The van der Waals surface area contributed by atoms with Crippen molar-refractivity contribution < 1.29 is 9.59 Å². The van der Waals surface area contributed by atoms with E-state index in [9.17, 15) is 9.59 Å². The van der Waals surface area contributed by atoms with Gasteiger partial charge < -0.3 is 5.32 Å². The lowest BCUT2D eigenvalue weighted by Gasteiger charge is -2.28. The van der Waals surface area contributed by atoms with E-state index in [1.165, 1.54) is 0 Å². The molecule has 0 radical (unpaired) electrons. The third kappa shape index (κ3) is 4.64. The van der Waals surface area contributed by atoms with Crippen LogP contribution in [0.5, 0.6) is 0 Å². The van der Waals surface area contributed by atoms with Crippen LogP contribution in [-0.2, 0) is 4.79 Å². The molecule has 158 valence electrons. The molecule has 1 amide bonds. The van der Waals surface area contributed by atoms with Crippen molar-refractivity contribution in [2.45, 2.75) is 0 Å². The van der Waals surface area contributed by atoms with Crippen molar-refractivity contribution in [2.75, 3.05) is 6.54 Å². The van der Waals surface area contributed by atoms with Gasteiger partial charge in [0, 0.05) is 5.56 Å². The summed E-state index contributed by atoms with van der Waals surface area (Å²) < 4.78 is 0. The molecule has 3 nitrogen and oxygen atoms in total. The SMILES string of the molecule is O=C(C=P(c1ccccc1)(c1ccccc1)c1ccccc1)CNC(=O)c1ccccc1. The zero-order chi connectivity index (χ0) is 22.2. The van der Waals surface area contributed by atoms with Crippen molar-refractivity contribution in [3.05, 3.63) is 127 Å². The zero-order valence-electron chi connectivity index (χ0n) is 17.6. The molecule has 0 aliphatic heterocycles. The molecule has 4 aromatic carbocycles. The molecule has 4 rings (SSSR count). The predicted octanol–water partition coefficient (Wildman–Crippen LogP) is 3.78. The van der Waals surface area contributed by atoms with Crippen LogP contribution < -0.4 is 21.2 Å². The number of rotatable bonds is 7. The first-order valence-corrected chi connectivity index (χ1v) is 12.3. The molecule has 0 fully saturated rings. The Bertz CT molecular complexity index is 1130. The molecular formula is C28H24NO2P. The monoisotopic (exact) mass is 437 g/mol. The van der Waals surface area contributed by atoms with E-state index < -0.39 is 6.89 Å². The second kappa shape index (κ2) is 10.1. The first-order valence-electron chi connectivity index (χ1n) is 10.5. The highest BCUT2D eigenvalue weighted by atomic mass is 31.2. The molecule has 1 N–H and O–H groups in total. The largest absolute Gasteiger partial charge is 0.345 e. The molecule has 0 spiro atoms. The molecular weight excluding hydrogens is 413 g/mol. The van der Waals surface area contributed by atoms with Gasteiger partial charge in [0.2, 0.25) is 0 Å². The number of carbonyl (C=O) groups excluding carboxylic acids is 2. The lowest BCUT2D eigenvalue weighted by molar-refractivity contribution is -0.111. The number of benzene rings is 4. The van der Waals surface area contributed by atoms with Gasteiger partial charge in [0.05, 0.1) is 6.54 Å². The molecule has 4 aromatic rings. The van der Waals surface area contributed by atoms with Gasteiger partial charge in [-0.3, -0.25) is 9.59 Å². The van der Waals surface area contributed by atoms with Crippen LogP contribution in [-0.4, -0.2) is 24.0 Å². The summed E-state index contributed by atoms with van der Waals surface area (Å²) in [4.78, 5) is 25.7. The van der Waals surface area contributed by atoms with E-state index >= 15 is 0 Å². The average Bonchev–Trinajstić information content (AvgIpc) is 2.88. The summed E-state index contributed by atoms with van der Waals surface area (Å²) in [6, 6.07) is 39.4. The molecule has 0 unspecified atom stereocenters. The summed E-state index contributed by atoms with van der Waals surface area (Å²) in [5.41, 5.74) is 0.538. The van der Waals surface area contributed by atoms with E-state index in [0.717, 1.165) is 15.9 Å². The predicted molar refractivity (Wildman–Crippen MR) is 135 cm³/mol. The van der Waals surface area contributed by atoms with Crippen LogP contribution >= 0.6 is 6.89 Å². The van der Waals surface area contributed by atoms with Crippen molar-refractivity contribution in [3.63, 3.8) is 0 Å². The normalized spacial score (nSPS) is 10.9. The number of hydrogen-bond donors (Lipinski definition) is 1. The van der Waals surface area contributed by atoms with Gasteiger partial charge in [-0.1, -0.05) is 109 Å². The topological polar surface area (TPSA) is 46.2 Å². The fourth-order valence-electron chi connectivity index (χ4n) is 3.78. The second-order valence-electron chi connectivity index (χ2n) is 7.37. The van der Waals surface area contributed by atoms with Gasteiger partial charge in [-0.25, -0.2) is 0 Å². The summed E-state index contributed by atoms with van der Waals surface area (Å²) in [5, 5.41) is 6.07. The van der Waals surface area contributed by atoms with Gasteiger partial charge in [0.25, 0.3) is 5.91 Å². The van der Waals surface area contributed by atoms with Crippen molar-refractivity contribution >= 4 is 40.3 Å². The van der Waals surface area contributed by atoms with E-state index in [4.69, 9.17) is 0 Å². The summed E-state index contributed by atoms with van der Waals surface area (Å²) in [5.74, 6) is 1.48. The van der Waals surface area contributed by atoms with Gasteiger partial charge >= 0.3 is 0 Å². The van der Waals surface area contributed by atoms with E-state index in [1.54, 1.807) is 24.3 Å². The van der Waals surface area contributed by atoms with Crippen LogP contribution in [0.3, 0.4) is 0 Å². The van der Waals surface area contributed by atoms with Gasteiger partial charge in [0.1, 0.15) is 0 Å². The minimum Gasteiger partial charge on any atom is -0.345 e. The van der Waals surface area contributed by atoms with Gasteiger partial charge in [-0.05, 0) is 40.7 Å². The minimum atomic E-state index is -2.37. The minimum absolute atomic E-state index is 0.0536. The summed E-state index contributed by atoms with van der Waals surface area (Å²) in [6.45, 7) is -2.42. The van der Waals surface area contributed by atoms with E-state index in [1.807, 2.05) is 66.5 Å². The number of hydrogen-bond acceptors (Lipinski definition) is 2. The van der Waals surface area contributed by atoms with Gasteiger partial charge in [0.15, 0.2) is 5.78 Å². The third-order valence-electron chi connectivity index (χ3n) is 5.29. The van der Waals surface area contributed by atoms with Gasteiger partial charge in [-0.15, -0.1) is 0 Å². The fourth-order valence-corrected chi connectivity index (χ4v) is 7.57. The molecule has 32 heavy (non-hydrogen) atoms. The molecule has 0 saturated heterocycles. The highest BCUT2D eigenvalue weighted by molar-refractivity contribution is 7.95. The molecule has 4 heteroatoms. The maximum absolute atomic E-state index is 13.3. The van der Waals surface area contributed by atoms with Crippen LogP contribution in [0, 0.1) is 0 Å². The van der Waals surface area contributed by atoms with E-state index in [2.05, 4.69) is 41.7 Å². The van der Waals surface area contributed by atoms with Crippen molar-refractivity contribution in [2.24, 2.45) is 0 Å². The smallest absolute Gasteiger partial charge is 0.251 e. The first-order chi connectivity index (χ1) is 15.7. The summed E-state index contributed by atoms with van der Waals surface area (Å²) in [6.07, 6.45) is 0. The maximum Gasteiger partial charge on any atom is 0.251 e. The number of carbonyl (C=O) groups is 2. The maximum atomic E-state index is 13.3. The molecule has 0 aromatic heterocycles. The Morgan fingerprint density at radius 3 is 1.38 bits per heavy atom. The Balaban J connectivity index is 1.79. The van der Waals surface area contributed by atoms with Crippen molar-refractivity contribution in [1.29, 1.82) is 0 Å². The average molecular weight is 437 g/mol. The lowest BCUT2D eigenvalue weighted by atomic mass is 10.2.